The summed E-state index contributed by atoms with van der Waals surface area (Å²) in [6.45, 7) is 5.85. The highest BCUT2D eigenvalue weighted by atomic mass is 19.1. The molecule has 1 saturated carbocycles. The fraction of sp³-hybridized carbons (Fsp3) is 0.433. The van der Waals surface area contributed by atoms with E-state index in [2.05, 4.69) is 5.16 Å². The number of aliphatic carboxylic acids is 1. The van der Waals surface area contributed by atoms with Crippen molar-refractivity contribution in [2.24, 2.45) is 0 Å². The minimum Gasteiger partial charge on any atom is -0.481 e. The lowest BCUT2D eigenvalue weighted by Gasteiger charge is -2.53. The normalized spacial score (nSPS) is 23.3. The summed E-state index contributed by atoms with van der Waals surface area (Å²) in [4.78, 5) is 24.1. The zero-order valence-corrected chi connectivity index (χ0v) is 21.9. The molecule has 2 bridgehead atoms. The quantitative estimate of drug-likeness (QED) is 0.363. The van der Waals surface area contributed by atoms with Gasteiger partial charge in [-0.2, -0.15) is 0 Å². The Morgan fingerprint density at radius 3 is 2.50 bits per heavy atom. The molecular formula is C30H32FNO6. The van der Waals surface area contributed by atoms with Crippen molar-refractivity contribution in [2.75, 3.05) is 6.61 Å². The zero-order valence-electron chi connectivity index (χ0n) is 21.9. The number of rotatable bonds is 8. The highest BCUT2D eigenvalue weighted by Crippen LogP contribution is 2.52. The molecule has 0 amide bonds. The molecular weight excluding hydrogens is 489 g/mol. The van der Waals surface area contributed by atoms with Crippen molar-refractivity contribution in [1.82, 2.24) is 5.16 Å². The highest BCUT2D eigenvalue weighted by Gasteiger charge is 2.52. The second-order valence-electron chi connectivity index (χ2n) is 10.8. The molecule has 7 nitrogen and oxygen atoms in total. The molecule has 0 radical (unpaired) electrons. The molecule has 8 heteroatoms. The maximum atomic E-state index is 15.6. The molecule has 1 atom stereocenters. The van der Waals surface area contributed by atoms with E-state index in [0.29, 0.717) is 60.4 Å². The number of hydrogen-bond donors (Lipinski definition) is 1. The number of ether oxygens (including phenoxy) is 2. The summed E-state index contributed by atoms with van der Waals surface area (Å²) in [6.07, 6.45) is 2.05. The van der Waals surface area contributed by atoms with Crippen LogP contribution in [0.3, 0.4) is 0 Å². The summed E-state index contributed by atoms with van der Waals surface area (Å²) in [7, 11) is 0. The Kier molecular flexibility index (Phi) is 6.86. The van der Waals surface area contributed by atoms with E-state index in [9.17, 15) is 14.7 Å². The third kappa shape index (κ3) is 4.85. The van der Waals surface area contributed by atoms with E-state index < -0.39 is 29.1 Å². The van der Waals surface area contributed by atoms with Gasteiger partial charge in [0, 0.05) is 16.5 Å². The smallest absolute Gasteiger partial charge is 0.311 e. The fourth-order valence-corrected chi connectivity index (χ4v) is 6.01. The third-order valence-corrected chi connectivity index (χ3v) is 8.29. The number of carboxylic acids is 1. The van der Waals surface area contributed by atoms with Crippen molar-refractivity contribution in [1.29, 1.82) is 0 Å². The number of carbonyl (C=O) groups excluding carboxylic acids is 1. The standard InChI is InChI=1S/C30H32FNO6/c1-18-6-4-5-7-22(18)20(3)37-27(35)15-23-19(2)32-38-28(23)21-8-9-24(25(31)14-21)29-10-12-30(13-11-29,36-17-29)16-26(33)34/h4-9,14,20H,10-13,15-17H2,1-3H3,(H,33,34)/t20-,29?,30?/m1/s1. The van der Waals surface area contributed by atoms with E-state index in [4.69, 9.17) is 14.0 Å². The van der Waals surface area contributed by atoms with Gasteiger partial charge in [-0.1, -0.05) is 41.6 Å². The van der Waals surface area contributed by atoms with Gasteiger partial charge in [0.25, 0.3) is 0 Å². The minimum absolute atomic E-state index is 0.0235. The second kappa shape index (κ2) is 9.98. The Bertz CT molecular complexity index is 1350. The summed E-state index contributed by atoms with van der Waals surface area (Å²) >= 11 is 0. The zero-order chi connectivity index (χ0) is 27.1. The Balaban J connectivity index is 1.33. The van der Waals surface area contributed by atoms with Crippen molar-refractivity contribution in [2.45, 2.75) is 76.4 Å². The number of hydrogen-bond acceptors (Lipinski definition) is 6. The predicted molar refractivity (Wildman–Crippen MR) is 137 cm³/mol. The summed E-state index contributed by atoms with van der Waals surface area (Å²) in [5.41, 5.74) is 3.04. The van der Waals surface area contributed by atoms with Crippen LogP contribution in [0.4, 0.5) is 4.39 Å². The maximum absolute atomic E-state index is 15.6. The first-order chi connectivity index (χ1) is 18.1. The number of aromatic nitrogens is 1. The Hall–Kier alpha value is -3.52. The molecule has 1 aliphatic carbocycles. The fourth-order valence-electron chi connectivity index (χ4n) is 6.01. The van der Waals surface area contributed by atoms with Crippen LogP contribution in [0.1, 0.15) is 73.1 Å². The van der Waals surface area contributed by atoms with E-state index in [1.165, 1.54) is 6.07 Å². The summed E-state index contributed by atoms with van der Waals surface area (Å²) in [5, 5.41) is 13.3. The lowest BCUT2D eigenvalue weighted by molar-refractivity contribution is -0.175. The first-order valence-electron chi connectivity index (χ1n) is 13.0. The molecule has 1 aromatic heterocycles. The Morgan fingerprint density at radius 2 is 1.87 bits per heavy atom. The van der Waals surface area contributed by atoms with Crippen molar-refractivity contribution in [3.63, 3.8) is 0 Å². The van der Waals surface area contributed by atoms with Crippen LogP contribution in [0.25, 0.3) is 11.3 Å². The number of aryl methyl sites for hydroxylation is 2. The van der Waals surface area contributed by atoms with Crippen molar-refractivity contribution in [3.05, 3.63) is 76.2 Å². The van der Waals surface area contributed by atoms with Crippen LogP contribution < -0.4 is 0 Å². The molecule has 3 aliphatic rings. The van der Waals surface area contributed by atoms with Crippen LogP contribution in [0.5, 0.6) is 0 Å². The molecule has 2 saturated heterocycles. The van der Waals surface area contributed by atoms with Gasteiger partial charge in [0.05, 0.1) is 30.7 Å². The second-order valence-corrected chi connectivity index (χ2v) is 10.8. The molecule has 6 rings (SSSR count). The first-order valence-corrected chi connectivity index (χ1v) is 13.0. The molecule has 0 spiro atoms. The topological polar surface area (TPSA) is 98.9 Å². The average molecular weight is 522 g/mol. The monoisotopic (exact) mass is 521 g/mol. The third-order valence-electron chi connectivity index (χ3n) is 8.29. The average Bonchev–Trinajstić information content (AvgIpc) is 3.24. The molecule has 2 aliphatic heterocycles. The number of esters is 1. The van der Waals surface area contributed by atoms with Gasteiger partial charge in [-0.05, 0) is 69.2 Å². The van der Waals surface area contributed by atoms with Gasteiger partial charge in [0.2, 0.25) is 0 Å². The number of carbonyl (C=O) groups is 2. The molecule has 200 valence electrons. The van der Waals surface area contributed by atoms with E-state index in [1.54, 1.807) is 19.1 Å². The van der Waals surface area contributed by atoms with Crippen LogP contribution in [-0.4, -0.2) is 34.4 Å². The predicted octanol–water partition coefficient (Wildman–Crippen LogP) is 6.00. The molecule has 38 heavy (non-hydrogen) atoms. The minimum atomic E-state index is -0.874. The van der Waals surface area contributed by atoms with E-state index in [1.807, 2.05) is 38.1 Å². The summed E-state index contributed by atoms with van der Waals surface area (Å²) < 4.78 is 32.8. The first kappa shape index (κ1) is 26.1. The van der Waals surface area contributed by atoms with Crippen molar-refractivity contribution >= 4 is 11.9 Å². The summed E-state index contributed by atoms with van der Waals surface area (Å²) in [5.74, 6) is -1.33. The number of fused-ring (bicyclic) bond motifs is 3. The number of benzene rings is 2. The van der Waals surface area contributed by atoms with Gasteiger partial charge in [-0.15, -0.1) is 0 Å². The largest absolute Gasteiger partial charge is 0.481 e. The Morgan fingerprint density at radius 1 is 1.13 bits per heavy atom. The van der Waals surface area contributed by atoms with Gasteiger partial charge in [0.15, 0.2) is 5.76 Å². The molecule has 2 aromatic carbocycles. The number of nitrogens with zero attached hydrogens (tertiary/aromatic N) is 1. The van der Waals surface area contributed by atoms with Gasteiger partial charge in [0.1, 0.15) is 11.9 Å². The molecule has 1 N–H and O–H groups in total. The van der Waals surface area contributed by atoms with Crippen molar-refractivity contribution in [3.8, 4) is 11.3 Å². The molecule has 3 aromatic rings. The van der Waals surface area contributed by atoms with Crippen LogP contribution in [0.15, 0.2) is 47.0 Å². The summed E-state index contributed by atoms with van der Waals surface area (Å²) in [6, 6.07) is 12.7. The maximum Gasteiger partial charge on any atom is 0.311 e. The highest BCUT2D eigenvalue weighted by molar-refractivity contribution is 5.77. The number of carboxylic acid groups (broad SMARTS) is 1. The van der Waals surface area contributed by atoms with Crippen LogP contribution in [0, 0.1) is 19.7 Å². The van der Waals surface area contributed by atoms with Crippen molar-refractivity contribution < 1.29 is 33.1 Å². The number of halogens is 1. The van der Waals surface area contributed by atoms with E-state index in [0.717, 1.165) is 11.1 Å². The SMILES string of the molecule is Cc1ccccc1[C@@H](C)OC(=O)Cc1c(C)noc1-c1ccc(C23CCC(CC(=O)O)(CC2)OC3)c(F)c1. The van der Waals surface area contributed by atoms with Gasteiger partial charge >= 0.3 is 11.9 Å². The van der Waals surface area contributed by atoms with Gasteiger partial charge < -0.3 is 19.1 Å². The lowest BCUT2D eigenvalue weighted by Crippen LogP contribution is -2.54. The van der Waals surface area contributed by atoms with Crippen LogP contribution >= 0.6 is 0 Å². The lowest BCUT2D eigenvalue weighted by atomic mass is 9.62. The van der Waals surface area contributed by atoms with E-state index >= 15 is 4.39 Å². The van der Waals surface area contributed by atoms with Crippen LogP contribution in [0.2, 0.25) is 0 Å². The van der Waals surface area contributed by atoms with Crippen LogP contribution in [-0.2, 0) is 30.9 Å². The van der Waals surface area contributed by atoms with Gasteiger partial charge in [-0.3, -0.25) is 9.59 Å². The molecule has 3 fully saturated rings. The van der Waals surface area contributed by atoms with E-state index in [-0.39, 0.29) is 18.7 Å². The van der Waals surface area contributed by atoms with Gasteiger partial charge in [-0.25, -0.2) is 4.39 Å². The Labute approximate surface area is 220 Å². The molecule has 0 unspecified atom stereocenters. The molecule has 3 heterocycles.